The average Bonchev–Trinajstić information content (AvgIpc) is 2.70. The van der Waals surface area contributed by atoms with E-state index in [4.69, 9.17) is 32.7 Å². The first-order valence-corrected chi connectivity index (χ1v) is 7.03. The van der Waals surface area contributed by atoms with Crippen molar-refractivity contribution in [2.75, 3.05) is 18.1 Å². The van der Waals surface area contributed by atoms with Gasteiger partial charge in [-0.15, -0.1) is 0 Å². The van der Waals surface area contributed by atoms with Gasteiger partial charge in [0, 0.05) is 0 Å². The minimum absolute atomic E-state index is 0.228. The molecule has 0 spiro atoms. The second-order valence-electron chi connectivity index (χ2n) is 4.16. The number of nitrogens with zero attached hydrogens (tertiary/aromatic N) is 1. The predicted molar refractivity (Wildman–Crippen MR) is 79.8 cm³/mol. The van der Waals surface area contributed by atoms with Crippen molar-refractivity contribution >= 4 is 46.7 Å². The number of benzene rings is 1. The number of rotatable bonds is 5. The molecule has 0 radical (unpaired) electrons. The Morgan fingerprint density at radius 3 is 2.14 bits per heavy atom. The second-order valence-corrected chi connectivity index (χ2v) is 4.92. The summed E-state index contributed by atoms with van der Waals surface area (Å²) in [4.78, 5) is 35.7. The summed E-state index contributed by atoms with van der Waals surface area (Å²) in [5, 5.41) is -0.622. The summed E-state index contributed by atoms with van der Waals surface area (Å²) >= 11 is 11.3. The number of ether oxygens (including phenoxy) is 2. The van der Waals surface area contributed by atoms with Gasteiger partial charge in [0.05, 0.1) is 12.3 Å². The summed E-state index contributed by atoms with van der Waals surface area (Å²) in [6, 6.07) is 5.98. The molecule has 0 N–H and O–H groups in total. The van der Waals surface area contributed by atoms with Gasteiger partial charge >= 0.3 is 5.97 Å². The van der Waals surface area contributed by atoms with Crippen LogP contribution in [0.2, 0.25) is 0 Å². The zero-order valence-corrected chi connectivity index (χ0v) is 13.0. The van der Waals surface area contributed by atoms with Crippen molar-refractivity contribution in [3.05, 3.63) is 34.3 Å². The van der Waals surface area contributed by atoms with Crippen molar-refractivity contribution in [3.63, 3.8) is 0 Å². The quantitative estimate of drug-likeness (QED) is 0.605. The van der Waals surface area contributed by atoms with E-state index in [-0.39, 0.29) is 23.3 Å². The van der Waals surface area contributed by atoms with Crippen molar-refractivity contribution in [1.29, 1.82) is 0 Å². The zero-order chi connectivity index (χ0) is 16.3. The largest absolute Gasteiger partial charge is 0.482 e. The lowest BCUT2D eigenvalue weighted by Gasteiger charge is -2.14. The third-order valence-corrected chi connectivity index (χ3v) is 3.53. The molecule has 0 bridgehead atoms. The van der Waals surface area contributed by atoms with Crippen LogP contribution >= 0.6 is 23.2 Å². The molecule has 0 aromatic heterocycles. The molecule has 1 aromatic rings. The molecule has 8 heteroatoms. The van der Waals surface area contributed by atoms with Crippen LogP contribution in [0.1, 0.15) is 6.92 Å². The van der Waals surface area contributed by atoms with E-state index in [1.807, 2.05) is 0 Å². The first-order valence-electron chi connectivity index (χ1n) is 6.28. The van der Waals surface area contributed by atoms with Crippen molar-refractivity contribution in [1.82, 2.24) is 0 Å². The fraction of sp³-hybridized carbons (Fsp3) is 0.214. The number of amides is 2. The van der Waals surface area contributed by atoms with Gasteiger partial charge in [-0.05, 0) is 31.2 Å². The van der Waals surface area contributed by atoms with Gasteiger partial charge in [-0.1, -0.05) is 23.2 Å². The lowest BCUT2D eigenvalue weighted by atomic mass is 10.3. The molecule has 1 aliphatic rings. The Bertz CT molecular complexity index is 630. The molecule has 0 atom stereocenters. The predicted octanol–water partition coefficient (Wildman–Crippen LogP) is 2.19. The van der Waals surface area contributed by atoms with Crippen molar-refractivity contribution < 1.29 is 23.9 Å². The molecule has 0 saturated carbocycles. The fourth-order valence-electron chi connectivity index (χ4n) is 1.75. The summed E-state index contributed by atoms with van der Waals surface area (Å²) in [6.07, 6.45) is 0. The summed E-state index contributed by atoms with van der Waals surface area (Å²) in [7, 11) is 0. The van der Waals surface area contributed by atoms with E-state index in [2.05, 4.69) is 0 Å². The molecule has 1 aromatic carbocycles. The Morgan fingerprint density at radius 2 is 1.64 bits per heavy atom. The van der Waals surface area contributed by atoms with Crippen LogP contribution in [0.5, 0.6) is 5.75 Å². The van der Waals surface area contributed by atoms with Crippen LogP contribution in [0.3, 0.4) is 0 Å². The summed E-state index contributed by atoms with van der Waals surface area (Å²) < 4.78 is 9.93. The Morgan fingerprint density at radius 1 is 1.09 bits per heavy atom. The molecule has 22 heavy (non-hydrogen) atoms. The van der Waals surface area contributed by atoms with Gasteiger partial charge in [0.15, 0.2) is 6.61 Å². The van der Waals surface area contributed by atoms with Crippen LogP contribution in [0.4, 0.5) is 5.69 Å². The van der Waals surface area contributed by atoms with Crippen LogP contribution in [-0.4, -0.2) is 31.0 Å². The van der Waals surface area contributed by atoms with Crippen LogP contribution < -0.4 is 9.64 Å². The lowest BCUT2D eigenvalue weighted by Crippen LogP contribution is -2.30. The number of carbonyl (C=O) groups excluding carboxylic acids is 3. The third kappa shape index (κ3) is 3.23. The Hall–Kier alpha value is -2.05. The number of hydrogen-bond acceptors (Lipinski definition) is 5. The van der Waals surface area contributed by atoms with E-state index in [0.717, 1.165) is 4.90 Å². The highest BCUT2D eigenvalue weighted by molar-refractivity contribution is 6.62. The number of esters is 1. The van der Waals surface area contributed by atoms with Gasteiger partial charge < -0.3 is 9.47 Å². The van der Waals surface area contributed by atoms with Crippen molar-refractivity contribution in [2.45, 2.75) is 6.92 Å². The monoisotopic (exact) mass is 343 g/mol. The van der Waals surface area contributed by atoms with Crippen LogP contribution in [-0.2, 0) is 19.1 Å². The molecular formula is C14H11Cl2NO5. The van der Waals surface area contributed by atoms with Crippen molar-refractivity contribution in [2.24, 2.45) is 0 Å². The highest BCUT2D eigenvalue weighted by atomic mass is 35.5. The van der Waals surface area contributed by atoms with E-state index in [1.54, 1.807) is 6.92 Å². The summed E-state index contributed by atoms with van der Waals surface area (Å²) in [6.45, 7) is 1.74. The molecule has 6 nitrogen and oxygen atoms in total. The Labute approximate surface area is 136 Å². The average molecular weight is 344 g/mol. The Kier molecular flexibility index (Phi) is 5.05. The third-order valence-electron chi connectivity index (χ3n) is 2.73. The fourth-order valence-corrected chi connectivity index (χ4v) is 2.08. The number of halogens is 2. The zero-order valence-electron chi connectivity index (χ0n) is 11.5. The minimum atomic E-state index is -0.683. The SMILES string of the molecule is CCOC(=O)COc1ccc(N2C(=O)C(Cl)=C(Cl)C2=O)cc1. The number of hydrogen-bond donors (Lipinski definition) is 0. The van der Waals surface area contributed by atoms with Crippen LogP contribution in [0.15, 0.2) is 34.3 Å². The van der Waals surface area contributed by atoms with Gasteiger partial charge in [0.1, 0.15) is 15.8 Å². The topological polar surface area (TPSA) is 72.9 Å². The minimum Gasteiger partial charge on any atom is -0.482 e. The van der Waals surface area contributed by atoms with E-state index in [9.17, 15) is 14.4 Å². The molecule has 2 rings (SSSR count). The maximum absolute atomic E-state index is 11.8. The first kappa shape index (κ1) is 16.3. The smallest absolute Gasteiger partial charge is 0.344 e. The van der Waals surface area contributed by atoms with Gasteiger partial charge in [-0.25, -0.2) is 9.69 Å². The molecule has 2 amide bonds. The molecule has 1 aliphatic heterocycles. The molecule has 0 fully saturated rings. The molecule has 1 heterocycles. The van der Waals surface area contributed by atoms with Gasteiger partial charge in [-0.3, -0.25) is 9.59 Å². The molecule has 116 valence electrons. The van der Waals surface area contributed by atoms with Gasteiger partial charge in [-0.2, -0.15) is 0 Å². The van der Waals surface area contributed by atoms with E-state index in [0.29, 0.717) is 11.4 Å². The highest BCUT2D eigenvalue weighted by Gasteiger charge is 2.37. The summed E-state index contributed by atoms with van der Waals surface area (Å²) in [5.74, 6) is -1.46. The maximum Gasteiger partial charge on any atom is 0.344 e. The van der Waals surface area contributed by atoms with E-state index >= 15 is 0 Å². The Balaban J connectivity index is 2.06. The van der Waals surface area contributed by atoms with Crippen molar-refractivity contribution in [3.8, 4) is 5.75 Å². The lowest BCUT2D eigenvalue weighted by molar-refractivity contribution is -0.145. The second kappa shape index (κ2) is 6.81. The molecule has 0 unspecified atom stereocenters. The summed E-state index contributed by atoms with van der Waals surface area (Å²) in [5.41, 5.74) is 0.298. The highest BCUT2D eigenvalue weighted by Crippen LogP contribution is 2.31. The first-order chi connectivity index (χ1) is 10.5. The number of imide groups is 1. The number of anilines is 1. The van der Waals surface area contributed by atoms with E-state index in [1.165, 1.54) is 24.3 Å². The molecular weight excluding hydrogens is 333 g/mol. The normalized spacial score (nSPS) is 14.6. The standard InChI is InChI=1S/C14H11Cl2NO5/c1-2-21-10(18)7-22-9-5-3-8(4-6-9)17-13(19)11(15)12(16)14(17)20/h3-6H,2,7H2,1H3. The molecule has 0 aliphatic carbocycles. The molecule has 0 saturated heterocycles. The van der Waals surface area contributed by atoms with Crippen LogP contribution in [0, 0.1) is 0 Å². The maximum atomic E-state index is 11.8. The van der Waals surface area contributed by atoms with Gasteiger partial charge in [0.25, 0.3) is 11.8 Å². The van der Waals surface area contributed by atoms with Crippen LogP contribution in [0.25, 0.3) is 0 Å². The number of carbonyl (C=O) groups is 3. The van der Waals surface area contributed by atoms with E-state index < -0.39 is 17.8 Å². The van der Waals surface area contributed by atoms with Gasteiger partial charge in [0.2, 0.25) is 0 Å².